The molecule has 1 rings (SSSR count). The number of rotatable bonds is 3. The van der Waals surface area contributed by atoms with E-state index < -0.39 is 0 Å². The molecule has 1 aromatic carbocycles. The quantitative estimate of drug-likeness (QED) is 0.597. The zero-order valence-electron chi connectivity index (χ0n) is 7.62. The van der Waals surface area contributed by atoms with Gasteiger partial charge >= 0.3 is 0 Å². The highest BCUT2D eigenvalue weighted by molar-refractivity contribution is 6.30. The maximum absolute atomic E-state index is 10.6. The number of carbonyl (C=O) groups excluding carboxylic acids is 1. The molecule has 0 aliphatic heterocycles. The normalized spacial score (nSPS) is 11.1. The van der Waals surface area contributed by atoms with Gasteiger partial charge in [-0.05, 0) is 24.3 Å². The van der Waals surface area contributed by atoms with E-state index in [2.05, 4.69) is 5.32 Å². The van der Waals surface area contributed by atoms with Crippen LogP contribution in [0.4, 0.5) is 5.69 Å². The summed E-state index contributed by atoms with van der Waals surface area (Å²) < 4.78 is 0. The van der Waals surface area contributed by atoms with Crippen molar-refractivity contribution in [3.05, 3.63) is 41.2 Å². The molecule has 0 heterocycles. The number of nitrogens with one attached hydrogen (secondary N) is 1. The molecule has 0 amide bonds. The first-order chi connectivity index (χ1) is 6.59. The van der Waals surface area contributed by atoms with Crippen LogP contribution in [-0.2, 0) is 4.79 Å². The number of hydrogen-bond acceptors (Lipinski definition) is 3. The molecule has 0 aliphatic rings. The zero-order chi connectivity index (χ0) is 10.6. The predicted octanol–water partition coefficient (Wildman–Crippen LogP) is 2.74. The van der Waals surface area contributed by atoms with E-state index in [0.29, 0.717) is 5.02 Å². The molecule has 0 radical (unpaired) electrons. The van der Waals surface area contributed by atoms with Crippen LogP contribution in [0.3, 0.4) is 0 Å². The molecule has 3 nitrogen and oxygen atoms in total. The van der Waals surface area contributed by atoms with E-state index in [4.69, 9.17) is 16.7 Å². The Bertz CT molecular complexity index is 357. The van der Waals surface area contributed by atoms with Gasteiger partial charge in [-0.2, -0.15) is 0 Å². The predicted molar refractivity (Wildman–Crippen MR) is 56.5 cm³/mol. The van der Waals surface area contributed by atoms with Crippen molar-refractivity contribution in [3.63, 3.8) is 0 Å². The third-order valence-corrected chi connectivity index (χ3v) is 1.83. The van der Waals surface area contributed by atoms with E-state index in [1.165, 1.54) is 13.1 Å². The van der Waals surface area contributed by atoms with E-state index in [9.17, 15) is 4.79 Å². The molecule has 0 unspecified atom stereocenters. The van der Waals surface area contributed by atoms with Gasteiger partial charge in [0.15, 0.2) is 11.5 Å². The lowest BCUT2D eigenvalue weighted by Crippen LogP contribution is -1.98. The second-order valence-electron chi connectivity index (χ2n) is 2.74. The fraction of sp³-hybridized carbons (Fsp3) is 0.100. The third-order valence-electron chi connectivity index (χ3n) is 1.58. The molecule has 1 aromatic rings. The first-order valence-electron chi connectivity index (χ1n) is 4.02. The van der Waals surface area contributed by atoms with Crippen LogP contribution < -0.4 is 5.32 Å². The monoisotopic (exact) mass is 211 g/mol. The second kappa shape index (κ2) is 4.67. The summed E-state index contributed by atoms with van der Waals surface area (Å²) in [5.74, 6) is -0.689. The van der Waals surface area contributed by atoms with Gasteiger partial charge in [-0.15, -0.1) is 0 Å². The van der Waals surface area contributed by atoms with Gasteiger partial charge in [0.2, 0.25) is 0 Å². The lowest BCUT2D eigenvalue weighted by atomic mass is 10.3. The number of aliphatic hydroxyl groups excluding tert-OH is 1. The summed E-state index contributed by atoms with van der Waals surface area (Å²) >= 11 is 5.68. The highest BCUT2D eigenvalue weighted by Gasteiger charge is 1.98. The molecule has 4 heteroatoms. The number of allylic oxidation sites excluding steroid dienone is 1. The summed E-state index contributed by atoms with van der Waals surface area (Å²) in [6.45, 7) is 1.29. The van der Waals surface area contributed by atoms with Gasteiger partial charge in [0.05, 0.1) is 0 Å². The molecule has 0 saturated heterocycles. The third kappa shape index (κ3) is 3.11. The first-order valence-corrected chi connectivity index (χ1v) is 4.39. The SMILES string of the molecule is CC(=O)/C(O)=C/Nc1ccc(Cl)cc1. The Labute approximate surface area is 87.0 Å². The number of benzene rings is 1. The highest BCUT2D eigenvalue weighted by Crippen LogP contribution is 2.13. The Morgan fingerprint density at radius 3 is 2.50 bits per heavy atom. The van der Waals surface area contributed by atoms with Crippen LogP contribution in [0.25, 0.3) is 0 Å². The fourth-order valence-electron chi connectivity index (χ4n) is 0.799. The Morgan fingerprint density at radius 2 is 2.00 bits per heavy atom. The number of Topliss-reactive ketones (excluding diaryl/α,β-unsaturated/α-hetero) is 1. The highest BCUT2D eigenvalue weighted by atomic mass is 35.5. The number of ketones is 1. The smallest absolute Gasteiger partial charge is 0.195 e. The Hall–Kier alpha value is -1.48. The van der Waals surface area contributed by atoms with E-state index >= 15 is 0 Å². The fourth-order valence-corrected chi connectivity index (χ4v) is 0.925. The summed E-state index contributed by atoms with van der Waals surface area (Å²) in [6.07, 6.45) is 1.24. The number of anilines is 1. The van der Waals surface area contributed by atoms with Gasteiger partial charge < -0.3 is 10.4 Å². The summed E-state index contributed by atoms with van der Waals surface area (Å²) in [7, 11) is 0. The summed E-state index contributed by atoms with van der Waals surface area (Å²) in [5, 5.41) is 12.5. The van der Waals surface area contributed by atoms with Gasteiger partial charge in [-0.3, -0.25) is 4.79 Å². The van der Waals surface area contributed by atoms with E-state index in [0.717, 1.165) is 5.69 Å². The lowest BCUT2D eigenvalue weighted by molar-refractivity contribution is -0.115. The van der Waals surface area contributed by atoms with Crippen LogP contribution in [0.2, 0.25) is 5.02 Å². The van der Waals surface area contributed by atoms with Gasteiger partial charge in [-0.25, -0.2) is 0 Å². The molecule has 0 fully saturated rings. The first kappa shape index (κ1) is 10.6. The molecular weight excluding hydrogens is 202 g/mol. The average molecular weight is 212 g/mol. The van der Waals surface area contributed by atoms with Gasteiger partial charge in [-0.1, -0.05) is 11.6 Å². The van der Waals surface area contributed by atoms with Crippen LogP contribution >= 0.6 is 11.6 Å². The maximum Gasteiger partial charge on any atom is 0.195 e. The van der Waals surface area contributed by atoms with Crippen molar-refractivity contribution < 1.29 is 9.90 Å². The summed E-state index contributed by atoms with van der Waals surface area (Å²) in [4.78, 5) is 10.6. The topological polar surface area (TPSA) is 49.3 Å². The van der Waals surface area contributed by atoms with Crippen LogP contribution in [0, 0.1) is 0 Å². The van der Waals surface area contributed by atoms with E-state index in [-0.39, 0.29) is 11.5 Å². The minimum atomic E-state index is -0.383. The van der Waals surface area contributed by atoms with Crippen LogP contribution in [0.1, 0.15) is 6.92 Å². The van der Waals surface area contributed by atoms with Crippen molar-refractivity contribution in [1.82, 2.24) is 0 Å². The van der Waals surface area contributed by atoms with Crippen LogP contribution in [0.5, 0.6) is 0 Å². The summed E-state index contributed by atoms with van der Waals surface area (Å²) in [5.41, 5.74) is 0.752. The number of aliphatic hydroxyl groups is 1. The standard InChI is InChI=1S/C10H10ClNO2/c1-7(13)10(14)6-12-9-4-2-8(11)3-5-9/h2-6,12,14H,1H3/b10-6-. The Morgan fingerprint density at radius 1 is 1.43 bits per heavy atom. The average Bonchev–Trinajstić information content (AvgIpc) is 2.16. The lowest BCUT2D eigenvalue weighted by Gasteiger charge is -2.00. The maximum atomic E-state index is 10.6. The zero-order valence-corrected chi connectivity index (χ0v) is 8.38. The molecule has 0 spiro atoms. The largest absolute Gasteiger partial charge is 0.503 e. The van der Waals surface area contributed by atoms with Gasteiger partial charge in [0.1, 0.15) is 0 Å². The molecule has 0 saturated carbocycles. The van der Waals surface area contributed by atoms with Crippen LogP contribution in [0.15, 0.2) is 36.2 Å². The van der Waals surface area contributed by atoms with Crippen molar-refractivity contribution in [2.24, 2.45) is 0 Å². The molecule has 14 heavy (non-hydrogen) atoms. The van der Waals surface area contributed by atoms with Crippen molar-refractivity contribution in [3.8, 4) is 0 Å². The molecule has 0 aromatic heterocycles. The Balaban J connectivity index is 2.66. The molecule has 0 bridgehead atoms. The Kier molecular flexibility index (Phi) is 3.54. The van der Waals surface area contributed by atoms with Crippen molar-refractivity contribution in [2.45, 2.75) is 6.92 Å². The van der Waals surface area contributed by atoms with E-state index in [1.54, 1.807) is 24.3 Å². The molecule has 74 valence electrons. The second-order valence-corrected chi connectivity index (χ2v) is 3.17. The molecule has 2 N–H and O–H groups in total. The van der Waals surface area contributed by atoms with Crippen molar-refractivity contribution in [2.75, 3.05) is 5.32 Å². The number of hydrogen-bond donors (Lipinski definition) is 2. The number of carbonyl (C=O) groups is 1. The van der Waals surface area contributed by atoms with Crippen molar-refractivity contribution in [1.29, 1.82) is 0 Å². The minimum Gasteiger partial charge on any atom is -0.503 e. The molecular formula is C10H10ClNO2. The number of halogens is 1. The van der Waals surface area contributed by atoms with E-state index in [1.807, 2.05) is 0 Å². The molecule has 0 atom stereocenters. The minimum absolute atomic E-state index is 0.306. The van der Waals surface area contributed by atoms with Gasteiger partial charge in [0, 0.05) is 23.8 Å². The van der Waals surface area contributed by atoms with Crippen LogP contribution in [-0.4, -0.2) is 10.9 Å². The van der Waals surface area contributed by atoms with Crippen molar-refractivity contribution >= 4 is 23.1 Å². The summed E-state index contributed by atoms with van der Waals surface area (Å²) in [6, 6.07) is 6.91. The van der Waals surface area contributed by atoms with Gasteiger partial charge in [0.25, 0.3) is 0 Å². The molecule has 0 aliphatic carbocycles.